The molecular formula is C20H20O4. The number of benzene rings is 2. The summed E-state index contributed by atoms with van der Waals surface area (Å²) < 4.78 is 10.1. The number of carbonyl (C=O) groups excluding carboxylic acids is 2. The summed E-state index contributed by atoms with van der Waals surface area (Å²) in [4.78, 5) is 23.4. The SMILES string of the molecule is CCOC(=O)COc1ccc(C(=O)/C=C/c2ccc(C)cc2)cc1. The molecule has 4 nitrogen and oxygen atoms in total. The van der Waals surface area contributed by atoms with Crippen LogP contribution < -0.4 is 4.74 Å². The molecule has 0 heterocycles. The molecule has 0 bridgehead atoms. The predicted molar refractivity (Wildman–Crippen MR) is 93.1 cm³/mol. The Balaban J connectivity index is 1.93. The average Bonchev–Trinajstić information content (AvgIpc) is 2.60. The number of carbonyl (C=O) groups is 2. The van der Waals surface area contributed by atoms with Crippen molar-refractivity contribution < 1.29 is 19.1 Å². The van der Waals surface area contributed by atoms with Crippen LogP contribution in [0.4, 0.5) is 0 Å². The first-order valence-corrected chi connectivity index (χ1v) is 7.76. The number of rotatable bonds is 7. The maximum Gasteiger partial charge on any atom is 0.344 e. The van der Waals surface area contributed by atoms with Gasteiger partial charge >= 0.3 is 5.97 Å². The summed E-state index contributed by atoms with van der Waals surface area (Å²) in [6, 6.07) is 14.6. The second-order valence-corrected chi connectivity index (χ2v) is 5.23. The highest BCUT2D eigenvalue weighted by atomic mass is 16.6. The van der Waals surface area contributed by atoms with Gasteiger partial charge in [-0.25, -0.2) is 4.79 Å². The monoisotopic (exact) mass is 324 g/mol. The molecule has 4 heteroatoms. The molecule has 0 aliphatic heterocycles. The van der Waals surface area contributed by atoms with Crippen LogP contribution in [0.15, 0.2) is 54.6 Å². The minimum absolute atomic E-state index is 0.0903. The molecule has 0 atom stereocenters. The van der Waals surface area contributed by atoms with Crippen molar-refractivity contribution in [3.63, 3.8) is 0 Å². The van der Waals surface area contributed by atoms with Crippen molar-refractivity contribution in [2.75, 3.05) is 13.2 Å². The average molecular weight is 324 g/mol. The topological polar surface area (TPSA) is 52.6 Å². The van der Waals surface area contributed by atoms with Gasteiger partial charge in [-0.2, -0.15) is 0 Å². The third kappa shape index (κ3) is 5.39. The second kappa shape index (κ2) is 8.67. The smallest absolute Gasteiger partial charge is 0.344 e. The Labute approximate surface area is 141 Å². The van der Waals surface area contributed by atoms with E-state index in [0.717, 1.165) is 5.56 Å². The van der Waals surface area contributed by atoms with Crippen molar-refractivity contribution in [3.8, 4) is 5.75 Å². The molecule has 0 fully saturated rings. The van der Waals surface area contributed by atoms with E-state index in [1.807, 2.05) is 31.2 Å². The molecule has 0 amide bonds. The highest BCUT2D eigenvalue weighted by Crippen LogP contribution is 2.14. The van der Waals surface area contributed by atoms with E-state index in [1.165, 1.54) is 5.56 Å². The summed E-state index contributed by atoms with van der Waals surface area (Å²) >= 11 is 0. The highest BCUT2D eigenvalue weighted by Gasteiger charge is 2.05. The molecule has 0 aromatic heterocycles. The molecule has 24 heavy (non-hydrogen) atoms. The Morgan fingerprint density at radius 3 is 2.29 bits per heavy atom. The van der Waals surface area contributed by atoms with Gasteiger partial charge in [-0.05, 0) is 49.8 Å². The number of ether oxygens (including phenoxy) is 2. The molecule has 2 aromatic carbocycles. The maximum atomic E-state index is 12.1. The van der Waals surface area contributed by atoms with Gasteiger partial charge in [0.1, 0.15) is 5.75 Å². The zero-order valence-electron chi connectivity index (χ0n) is 13.8. The second-order valence-electron chi connectivity index (χ2n) is 5.23. The first-order valence-electron chi connectivity index (χ1n) is 7.76. The lowest BCUT2D eigenvalue weighted by atomic mass is 10.1. The Hall–Kier alpha value is -2.88. The first-order chi connectivity index (χ1) is 11.6. The van der Waals surface area contributed by atoms with Crippen LogP contribution >= 0.6 is 0 Å². The lowest BCUT2D eigenvalue weighted by Crippen LogP contribution is -2.14. The standard InChI is InChI=1S/C20H20O4/c1-3-23-20(22)14-24-18-11-9-17(10-12-18)19(21)13-8-16-6-4-15(2)5-7-16/h4-13H,3,14H2,1-2H3/b13-8+. The zero-order valence-corrected chi connectivity index (χ0v) is 13.8. The van der Waals surface area contributed by atoms with Crippen molar-refractivity contribution in [2.45, 2.75) is 13.8 Å². The van der Waals surface area contributed by atoms with Crippen molar-refractivity contribution in [3.05, 3.63) is 71.3 Å². The molecule has 0 aliphatic carbocycles. The van der Waals surface area contributed by atoms with E-state index in [-0.39, 0.29) is 12.4 Å². The number of ketones is 1. The molecule has 0 unspecified atom stereocenters. The summed E-state index contributed by atoms with van der Waals surface area (Å²) in [6.07, 6.45) is 3.33. The summed E-state index contributed by atoms with van der Waals surface area (Å²) in [5.74, 6) is 0.00770. The number of hydrogen-bond acceptors (Lipinski definition) is 4. The lowest BCUT2D eigenvalue weighted by molar-refractivity contribution is -0.145. The fourth-order valence-electron chi connectivity index (χ4n) is 2.01. The number of allylic oxidation sites excluding steroid dienone is 1. The molecule has 124 valence electrons. The minimum Gasteiger partial charge on any atom is -0.482 e. The summed E-state index contributed by atoms with van der Waals surface area (Å²) in [7, 11) is 0. The van der Waals surface area contributed by atoms with Crippen LogP contribution in [-0.4, -0.2) is 25.0 Å². The molecule has 0 N–H and O–H groups in total. The van der Waals surface area contributed by atoms with Crippen molar-refractivity contribution in [1.82, 2.24) is 0 Å². The van der Waals surface area contributed by atoms with Gasteiger partial charge < -0.3 is 9.47 Å². The van der Waals surface area contributed by atoms with Crippen LogP contribution in [0.5, 0.6) is 5.75 Å². The summed E-state index contributed by atoms with van der Waals surface area (Å²) in [5, 5.41) is 0. The Morgan fingerprint density at radius 1 is 1.00 bits per heavy atom. The first kappa shape index (κ1) is 17.5. The van der Waals surface area contributed by atoms with Gasteiger partial charge in [-0.1, -0.05) is 35.9 Å². The zero-order chi connectivity index (χ0) is 17.4. The molecule has 2 rings (SSSR count). The molecule has 0 saturated heterocycles. The fraction of sp³-hybridized carbons (Fsp3) is 0.200. The van der Waals surface area contributed by atoms with E-state index in [2.05, 4.69) is 0 Å². The fourth-order valence-corrected chi connectivity index (χ4v) is 2.01. The van der Waals surface area contributed by atoms with Crippen molar-refractivity contribution >= 4 is 17.8 Å². The lowest BCUT2D eigenvalue weighted by Gasteiger charge is -2.06. The molecular weight excluding hydrogens is 304 g/mol. The van der Waals surface area contributed by atoms with E-state index < -0.39 is 5.97 Å². The maximum absolute atomic E-state index is 12.1. The quantitative estimate of drug-likeness (QED) is 0.441. The van der Waals surface area contributed by atoms with Crippen LogP contribution in [0.1, 0.15) is 28.4 Å². The van der Waals surface area contributed by atoms with Crippen molar-refractivity contribution in [2.24, 2.45) is 0 Å². The van der Waals surface area contributed by atoms with E-state index in [0.29, 0.717) is 17.9 Å². The van der Waals surface area contributed by atoms with Gasteiger partial charge in [0, 0.05) is 5.56 Å². The van der Waals surface area contributed by atoms with E-state index in [1.54, 1.807) is 43.3 Å². The summed E-state index contributed by atoms with van der Waals surface area (Å²) in [6.45, 7) is 3.93. The molecule has 0 spiro atoms. The largest absolute Gasteiger partial charge is 0.482 e. The van der Waals surface area contributed by atoms with Gasteiger partial charge in [-0.3, -0.25) is 4.79 Å². The van der Waals surface area contributed by atoms with Crippen LogP contribution in [0.2, 0.25) is 0 Å². The molecule has 0 saturated carbocycles. The van der Waals surface area contributed by atoms with Gasteiger partial charge in [0.05, 0.1) is 6.61 Å². The molecule has 2 aromatic rings. The Morgan fingerprint density at radius 2 is 1.67 bits per heavy atom. The van der Waals surface area contributed by atoms with Gasteiger partial charge in [-0.15, -0.1) is 0 Å². The van der Waals surface area contributed by atoms with Crippen LogP contribution in [0, 0.1) is 6.92 Å². The Kier molecular flexibility index (Phi) is 6.32. The third-order valence-corrected chi connectivity index (χ3v) is 3.31. The van der Waals surface area contributed by atoms with Crippen LogP contribution in [-0.2, 0) is 9.53 Å². The third-order valence-electron chi connectivity index (χ3n) is 3.31. The molecule has 0 radical (unpaired) electrons. The van der Waals surface area contributed by atoms with E-state index in [4.69, 9.17) is 9.47 Å². The van der Waals surface area contributed by atoms with Crippen LogP contribution in [0.3, 0.4) is 0 Å². The highest BCUT2D eigenvalue weighted by molar-refractivity contribution is 6.06. The van der Waals surface area contributed by atoms with E-state index >= 15 is 0 Å². The minimum atomic E-state index is -0.418. The Bertz CT molecular complexity index is 712. The number of esters is 1. The predicted octanol–water partition coefficient (Wildman–Crippen LogP) is 3.83. The van der Waals surface area contributed by atoms with Crippen molar-refractivity contribution in [1.29, 1.82) is 0 Å². The number of aryl methyl sites for hydroxylation is 1. The van der Waals surface area contributed by atoms with Gasteiger partial charge in [0.15, 0.2) is 12.4 Å². The summed E-state index contributed by atoms with van der Waals surface area (Å²) in [5.41, 5.74) is 2.71. The van der Waals surface area contributed by atoms with E-state index in [9.17, 15) is 9.59 Å². The normalized spacial score (nSPS) is 10.6. The van der Waals surface area contributed by atoms with Gasteiger partial charge in [0.2, 0.25) is 0 Å². The van der Waals surface area contributed by atoms with Gasteiger partial charge in [0.25, 0.3) is 0 Å². The number of hydrogen-bond donors (Lipinski definition) is 0. The van der Waals surface area contributed by atoms with Crippen LogP contribution in [0.25, 0.3) is 6.08 Å². The molecule has 0 aliphatic rings.